The molecule has 0 spiro atoms. The second-order valence-corrected chi connectivity index (χ2v) is 8.77. The van der Waals surface area contributed by atoms with Crippen molar-refractivity contribution < 1.29 is 22.8 Å². The van der Waals surface area contributed by atoms with Crippen LogP contribution in [0, 0.1) is 6.92 Å². The molecule has 0 aliphatic rings. The van der Waals surface area contributed by atoms with E-state index in [0.717, 1.165) is 0 Å². The molecule has 0 fully saturated rings. The SMILES string of the molecule is C/N=C\C(C(=O)Nc1ccc(S(=O)(=O)c2ccc(Cl)cc2)cc1)=C(\O)c1cnoc1C. The van der Waals surface area contributed by atoms with Crippen LogP contribution in [-0.4, -0.2) is 37.9 Å². The monoisotopic (exact) mass is 459 g/mol. The summed E-state index contributed by atoms with van der Waals surface area (Å²) in [6.07, 6.45) is 2.49. The highest BCUT2D eigenvalue weighted by Crippen LogP contribution is 2.24. The molecule has 0 aliphatic heterocycles. The van der Waals surface area contributed by atoms with Gasteiger partial charge in [-0.3, -0.25) is 9.79 Å². The number of amides is 1. The molecule has 0 unspecified atom stereocenters. The lowest BCUT2D eigenvalue weighted by molar-refractivity contribution is -0.112. The van der Waals surface area contributed by atoms with Gasteiger partial charge in [0.1, 0.15) is 17.1 Å². The van der Waals surface area contributed by atoms with Gasteiger partial charge in [0.05, 0.1) is 21.6 Å². The van der Waals surface area contributed by atoms with Crippen LogP contribution in [0.15, 0.2) is 79.6 Å². The lowest BCUT2D eigenvalue weighted by Gasteiger charge is -2.09. The van der Waals surface area contributed by atoms with Crippen molar-refractivity contribution in [2.24, 2.45) is 4.99 Å². The fourth-order valence-corrected chi connectivity index (χ4v) is 4.08. The average Bonchev–Trinajstić information content (AvgIpc) is 3.18. The van der Waals surface area contributed by atoms with Crippen LogP contribution in [0.1, 0.15) is 11.3 Å². The Kier molecular flexibility index (Phi) is 6.57. The van der Waals surface area contributed by atoms with Gasteiger partial charge in [0.15, 0.2) is 0 Å². The number of aliphatic hydroxyl groups excluding tert-OH is 1. The molecule has 1 heterocycles. The molecule has 0 bridgehead atoms. The van der Waals surface area contributed by atoms with Crippen molar-refractivity contribution in [2.45, 2.75) is 16.7 Å². The second-order valence-electron chi connectivity index (χ2n) is 6.38. The number of anilines is 1. The van der Waals surface area contributed by atoms with Gasteiger partial charge in [0, 0.05) is 24.0 Å². The van der Waals surface area contributed by atoms with Gasteiger partial charge < -0.3 is 14.9 Å². The van der Waals surface area contributed by atoms with Crippen LogP contribution in [-0.2, 0) is 14.6 Å². The minimum Gasteiger partial charge on any atom is -0.506 e. The predicted molar refractivity (Wildman–Crippen MR) is 117 cm³/mol. The largest absolute Gasteiger partial charge is 0.506 e. The molecule has 160 valence electrons. The van der Waals surface area contributed by atoms with Gasteiger partial charge in [-0.2, -0.15) is 0 Å². The van der Waals surface area contributed by atoms with E-state index in [1.165, 1.54) is 68.0 Å². The summed E-state index contributed by atoms with van der Waals surface area (Å²) in [5.41, 5.74) is 0.484. The highest BCUT2D eigenvalue weighted by molar-refractivity contribution is 7.91. The van der Waals surface area contributed by atoms with Crippen molar-refractivity contribution in [3.8, 4) is 0 Å². The number of halogens is 1. The molecule has 0 atom stereocenters. The molecule has 0 radical (unpaired) electrons. The number of nitrogens with one attached hydrogen (secondary N) is 1. The first-order valence-corrected chi connectivity index (χ1v) is 10.8. The number of benzene rings is 2. The van der Waals surface area contributed by atoms with Gasteiger partial charge >= 0.3 is 0 Å². The first-order chi connectivity index (χ1) is 14.7. The summed E-state index contributed by atoms with van der Waals surface area (Å²) in [6, 6.07) is 11.5. The molecular formula is C21H18ClN3O5S. The number of rotatable bonds is 6. The summed E-state index contributed by atoms with van der Waals surface area (Å²) in [5.74, 6) is -0.648. The number of nitrogens with zero attached hydrogens (tertiary/aromatic N) is 2. The molecule has 0 saturated heterocycles. The predicted octanol–water partition coefficient (Wildman–Crippen LogP) is 4.08. The highest BCUT2D eigenvalue weighted by atomic mass is 35.5. The number of aliphatic hydroxyl groups is 1. The zero-order valence-corrected chi connectivity index (χ0v) is 18.1. The Labute approximate surface area is 183 Å². The Morgan fingerprint density at radius 2 is 1.71 bits per heavy atom. The summed E-state index contributed by atoms with van der Waals surface area (Å²) >= 11 is 5.81. The van der Waals surface area contributed by atoms with Crippen LogP contribution < -0.4 is 5.32 Å². The molecule has 2 aromatic carbocycles. The van der Waals surface area contributed by atoms with E-state index in [-0.39, 0.29) is 26.7 Å². The lowest BCUT2D eigenvalue weighted by Crippen LogP contribution is -2.17. The Morgan fingerprint density at radius 1 is 1.13 bits per heavy atom. The lowest BCUT2D eigenvalue weighted by atomic mass is 10.1. The molecule has 2 N–H and O–H groups in total. The number of aryl methyl sites for hydroxylation is 1. The number of sulfone groups is 1. The average molecular weight is 460 g/mol. The first kappa shape index (κ1) is 22.3. The molecule has 1 amide bonds. The summed E-state index contributed by atoms with van der Waals surface area (Å²) < 4.78 is 30.4. The number of hydrogen-bond acceptors (Lipinski definition) is 7. The minimum atomic E-state index is -3.73. The molecule has 31 heavy (non-hydrogen) atoms. The summed E-state index contributed by atoms with van der Waals surface area (Å²) in [4.78, 5) is 16.6. The summed E-state index contributed by atoms with van der Waals surface area (Å²) in [7, 11) is -2.28. The maximum Gasteiger partial charge on any atom is 0.261 e. The zero-order chi connectivity index (χ0) is 22.6. The standard InChI is InChI=1S/C21H18ClN3O5S/c1-13-18(12-24-30-13)20(26)19(11-23-2)21(27)25-15-5-9-17(10-6-15)31(28,29)16-7-3-14(22)4-8-16/h3-12,26H,1-2H3,(H,25,27)/b20-19-,23-11-. The highest BCUT2D eigenvalue weighted by Gasteiger charge is 2.20. The number of aliphatic imine (C=N–C) groups is 1. The maximum atomic E-state index is 12.7. The maximum absolute atomic E-state index is 12.7. The van der Waals surface area contributed by atoms with Gasteiger partial charge in [0.25, 0.3) is 5.91 Å². The van der Waals surface area contributed by atoms with Gasteiger partial charge in [-0.15, -0.1) is 0 Å². The van der Waals surface area contributed by atoms with Crippen LogP contribution in [0.5, 0.6) is 0 Å². The number of aromatic nitrogens is 1. The van der Waals surface area contributed by atoms with E-state index in [1.807, 2.05) is 0 Å². The molecule has 1 aromatic heterocycles. The van der Waals surface area contributed by atoms with Crippen molar-refractivity contribution in [3.05, 3.63) is 76.6 Å². The van der Waals surface area contributed by atoms with E-state index in [1.54, 1.807) is 6.92 Å². The van der Waals surface area contributed by atoms with Crippen LogP contribution >= 0.6 is 11.6 Å². The third-order valence-corrected chi connectivity index (χ3v) is 6.35. The molecule has 10 heteroatoms. The van der Waals surface area contributed by atoms with Gasteiger partial charge in [0.2, 0.25) is 9.84 Å². The van der Waals surface area contributed by atoms with E-state index in [4.69, 9.17) is 16.1 Å². The topological polar surface area (TPSA) is 122 Å². The molecular weight excluding hydrogens is 442 g/mol. The van der Waals surface area contributed by atoms with Crippen LogP contribution in [0.25, 0.3) is 5.76 Å². The van der Waals surface area contributed by atoms with Crippen molar-refractivity contribution in [1.82, 2.24) is 5.16 Å². The normalized spacial score (nSPS) is 12.6. The van der Waals surface area contributed by atoms with Crippen LogP contribution in [0.4, 0.5) is 5.69 Å². The number of carbonyl (C=O) groups excluding carboxylic acids is 1. The Morgan fingerprint density at radius 3 is 2.23 bits per heavy atom. The van der Waals surface area contributed by atoms with Crippen LogP contribution in [0.2, 0.25) is 5.02 Å². The molecule has 8 nitrogen and oxygen atoms in total. The van der Waals surface area contributed by atoms with E-state index in [2.05, 4.69) is 15.5 Å². The third kappa shape index (κ3) is 4.84. The van der Waals surface area contributed by atoms with E-state index < -0.39 is 15.7 Å². The minimum absolute atomic E-state index is 0.0571. The molecule has 3 rings (SSSR count). The Hall–Kier alpha value is -3.43. The Bertz CT molecular complexity index is 1260. The fourth-order valence-electron chi connectivity index (χ4n) is 2.69. The summed E-state index contributed by atoms with van der Waals surface area (Å²) in [6.45, 7) is 1.59. The molecule has 0 aliphatic carbocycles. The van der Waals surface area contributed by atoms with E-state index in [9.17, 15) is 18.3 Å². The Balaban J connectivity index is 1.85. The fraction of sp³-hybridized carbons (Fsp3) is 0.0952. The molecule has 3 aromatic rings. The third-order valence-electron chi connectivity index (χ3n) is 4.31. The number of carbonyl (C=O) groups is 1. The zero-order valence-electron chi connectivity index (χ0n) is 16.5. The van der Waals surface area contributed by atoms with Crippen molar-refractivity contribution in [1.29, 1.82) is 0 Å². The van der Waals surface area contributed by atoms with Gasteiger partial charge in [-0.05, 0) is 55.5 Å². The van der Waals surface area contributed by atoms with Gasteiger partial charge in [-0.25, -0.2) is 8.42 Å². The van der Waals surface area contributed by atoms with Gasteiger partial charge in [-0.1, -0.05) is 16.8 Å². The van der Waals surface area contributed by atoms with Crippen molar-refractivity contribution >= 4 is 45.0 Å². The second kappa shape index (κ2) is 9.15. The smallest absolute Gasteiger partial charge is 0.261 e. The first-order valence-electron chi connectivity index (χ1n) is 8.93. The van der Waals surface area contributed by atoms with Crippen molar-refractivity contribution in [2.75, 3.05) is 12.4 Å². The van der Waals surface area contributed by atoms with Crippen molar-refractivity contribution in [3.63, 3.8) is 0 Å². The number of hydrogen-bond donors (Lipinski definition) is 2. The summed E-state index contributed by atoms with van der Waals surface area (Å²) in [5, 5.41) is 17.1. The van der Waals surface area contributed by atoms with E-state index >= 15 is 0 Å². The van der Waals surface area contributed by atoms with Crippen LogP contribution in [0.3, 0.4) is 0 Å². The van der Waals surface area contributed by atoms with E-state index in [0.29, 0.717) is 16.5 Å². The molecule has 0 saturated carbocycles. The quantitative estimate of drug-likeness (QED) is 0.325.